The smallest absolute Gasteiger partial charge is 0.242 e. The van der Waals surface area contributed by atoms with Crippen molar-refractivity contribution < 1.29 is 9.90 Å². The largest absolute Gasteiger partial charge is 0.392 e. The summed E-state index contributed by atoms with van der Waals surface area (Å²) in [5.41, 5.74) is 0.998. The second kappa shape index (κ2) is 7.20. The summed E-state index contributed by atoms with van der Waals surface area (Å²) in [6, 6.07) is 7.62. The molecule has 1 heterocycles. The number of amides is 1. The molecule has 5 heteroatoms. The minimum atomic E-state index is -0.525. The molecule has 0 bridgehead atoms. The van der Waals surface area contributed by atoms with E-state index < -0.39 is 6.10 Å². The Morgan fingerprint density at radius 2 is 1.95 bits per heavy atom. The zero-order valence-corrected chi connectivity index (χ0v) is 13.3. The molecule has 0 spiro atoms. The Labute approximate surface area is 128 Å². The van der Waals surface area contributed by atoms with Gasteiger partial charge in [-0.2, -0.15) is 0 Å². The van der Waals surface area contributed by atoms with Crippen molar-refractivity contribution in [3.63, 3.8) is 0 Å². The fourth-order valence-corrected chi connectivity index (χ4v) is 2.78. The van der Waals surface area contributed by atoms with Crippen molar-refractivity contribution in [3.05, 3.63) is 34.3 Å². The second-order valence-corrected chi connectivity index (χ2v) is 6.21. The zero-order valence-electron chi connectivity index (χ0n) is 11.7. The van der Waals surface area contributed by atoms with Crippen molar-refractivity contribution >= 4 is 21.8 Å². The average Bonchev–Trinajstić information content (AvgIpc) is 2.93. The Balaban J connectivity index is 2.15. The summed E-state index contributed by atoms with van der Waals surface area (Å²) in [7, 11) is 0. The molecule has 1 aromatic rings. The molecule has 0 aromatic heterocycles. The first-order valence-corrected chi connectivity index (χ1v) is 7.82. The average molecular weight is 341 g/mol. The van der Waals surface area contributed by atoms with Crippen LogP contribution in [0.4, 0.5) is 0 Å². The van der Waals surface area contributed by atoms with E-state index in [1.54, 1.807) is 6.92 Å². The van der Waals surface area contributed by atoms with Crippen LogP contribution in [0.5, 0.6) is 0 Å². The van der Waals surface area contributed by atoms with Gasteiger partial charge in [-0.3, -0.25) is 9.69 Å². The molecule has 1 aliphatic heterocycles. The van der Waals surface area contributed by atoms with Gasteiger partial charge in [0.15, 0.2) is 0 Å². The lowest BCUT2D eigenvalue weighted by atomic mass is 10.0. The quantitative estimate of drug-likeness (QED) is 0.862. The van der Waals surface area contributed by atoms with Gasteiger partial charge in [-0.1, -0.05) is 28.1 Å². The summed E-state index contributed by atoms with van der Waals surface area (Å²) in [5, 5.41) is 12.2. The number of carbonyl (C=O) groups excluding carboxylic acids is 1. The molecule has 20 heavy (non-hydrogen) atoms. The fraction of sp³-hybridized carbons (Fsp3) is 0.533. The molecule has 4 nitrogen and oxygen atoms in total. The molecule has 2 atom stereocenters. The van der Waals surface area contributed by atoms with Crippen LogP contribution in [0, 0.1) is 0 Å². The van der Waals surface area contributed by atoms with Crippen LogP contribution in [0.3, 0.4) is 0 Å². The molecule has 1 amide bonds. The number of halogens is 1. The standard InChI is InChI=1S/C15H21BrN2O2/c1-11(19)10-17-15(20)14(18-8-2-3-9-18)12-4-6-13(16)7-5-12/h4-7,11,14,19H,2-3,8-10H2,1H3,(H,17,20). The molecule has 1 aromatic carbocycles. The number of aliphatic hydroxyl groups is 1. The first-order chi connectivity index (χ1) is 9.58. The SMILES string of the molecule is CC(O)CNC(=O)C(c1ccc(Br)cc1)N1CCCC1. The third kappa shape index (κ3) is 4.04. The molecule has 1 fully saturated rings. The minimum absolute atomic E-state index is 0.0323. The molecule has 0 aliphatic carbocycles. The zero-order chi connectivity index (χ0) is 14.5. The summed E-state index contributed by atoms with van der Waals surface area (Å²) >= 11 is 3.42. The van der Waals surface area contributed by atoms with Crippen LogP contribution < -0.4 is 5.32 Å². The Morgan fingerprint density at radius 3 is 2.50 bits per heavy atom. The monoisotopic (exact) mass is 340 g/mol. The number of likely N-dealkylation sites (tertiary alicyclic amines) is 1. The van der Waals surface area contributed by atoms with Crippen molar-refractivity contribution in [2.24, 2.45) is 0 Å². The van der Waals surface area contributed by atoms with Gasteiger partial charge < -0.3 is 10.4 Å². The van der Waals surface area contributed by atoms with Crippen LogP contribution in [0.2, 0.25) is 0 Å². The van der Waals surface area contributed by atoms with Crippen molar-refractivity contribution in [1.29, 1.82) is 0 Å². The molecule has 1 saturated heterocycles. The van der Waals surface area contributed by atoms with Gasteiger partial charge in [0, 0.05) is 11.0 Å². The van der Waals surface area contributed by atoms with Gasteiger partial charge in [-0.05, 0) is 50.6 Å². The fourth-order valence-electron chi connectivity index (χ4n) is 2.52. The number of hydrogen-bond acceptors (Lipinski definition) is 3. The van der Waals surface area contributed by atoms with E-state index >= 15 is 0 Å². The number of hydrogen-bond donors (Lipinski definition) is 2. The van der Waals surface area contributed by atoms with E-state index in [4.69, 9.17) is 0 Å². The Morgan fingerprint density at radius 1 is 1.35 bits per heavy atom. The lowest BCUT2D eigenvalue weighted by Crippen LogP contribution is -2.41. The molecule has 2 rings (SSSR count). The third-order valence-corrected chi connectivity index (χ3v) is 4.04. The van der Waals surface area contributed by atoms with E-state index in [2.05, 4.69) is 26.1 Å². The Kier molecular flexibility index (Phi) is 5.57. The van der Waals surface area contributed by atoms with Crippen LogP contribution in [0.25, 0.3) is 0 Å². The molecule has 2 N–H and O–H groups in total. The van der Waals surface area contributed by atoms with Crippen LogP contribution in [-0.4, -0.2) is 41.7 Å². The molecular weight excluding hydrogens is 320 g/mol. The van der Waals surface area contributed by atoms with E-state index in [9.17, 15) is 9.90 Å². The topological polar surface area (TPSA) is 52.6 Å². The van der Waals surface area contributed by atoms with E-state index in [-0.39, 0.29) is 11.9 Å². The van der Waals surface area contributed by atoms with E-state index in [1.165, 1.54) is 0 Å². The highest BCUT2D eigenvalue weighted by atomic mass is 79.9. The number of aliphatic hydroxyl groups excluding tert-OH is 1. The van der Waals surface area contributed by atoms with E-state index in [1.807, 2.05) is 24.3 Å². The number of nitrogens with one attached hydrogen (secondary N) is 1. The van der Waals surface area contributed by atoms with Crippen LogP contribution in [-0.2, 0) is 4.79 Å². The molecule has 110 valence electrons. The summed E-state index contributed by atoms with van der Waals surface area (Å²) in [5.74, 6) is -0.0323. The highest BCUT2D eigenvalue weighted by Gasteiger charge is 2.29. The third-order valence-electron chi connectivity index (χ3n) is 3.51. The first-order valence-electron chi connectivity index (χ1n) is 7.03. The summed E-state index contributed by atoms with van der Waals surface area (Å²) in [6.07, 6.45) is 1.75. The first kappa shape index (κ1) is 15.5. The van der Waals surface area contributed by atoms with Crippen LogP contribution >= 0.6 is 15.9 Å². The Bertz CT molecular complexity index is 442. The highest BCUT2D eigenvalue weighted by molar-refractivity contribution is 9.10. The molecule has 1 aliphatic rings. The molecule has 0 saturated carbocycles. The van der Waals surface area contributed by atoms with Crippen molar-refractivity contribution in [2.45, 2.75) is 31.9 Å². The van der Waals surface area contributed by atoms with E-state index in [0.29, 0.717) is 6.54 Å². The van der Waals surface area contributed by atoms with Gasteiger partial charge >= 0.3 is 0 Å². The van der Waals surface area contributed by atoms with Crippen molar-refractivity contribution in [2.75, 3.05) is 19.6 Å². The maximum Gasteiger partial charge on any atom is 0.242 e. The Hall–Kier alpha value is -0.910. The molecule has 2 unspecified atom stereocenters. The summed E-state index contributed by atoms with van der Waals surface area (Å²) in [6.45, 7) is 3.86. The van der Waals surface area contributed by atoms with Gasteiger partial charge in [0.25, 0.3) is 0 Å². The summed E-state index contributed by atoms with van der Waals surface area (Å²) < 4.78 is 1.01. The minimum Gasteiger partial charge on any atom is -0.392 e. The summed E-state index contributed by atoms with van der Waals surface area (Å²) in [4.78, 5) is 14.7. The number of benzene rings is 1. The van der Waals surface area contributed by atoms with Gasteiger partial charge in [0.1, 0.15) is 6.04 Å². The second-order valence-electron chi connectivity index (χ2n) is 5.29. The highest BCUT2D eigenvalue weighted by Crippen LogP contribution is 2.26. The lowest BCUT2D eigenvalue weighted by Gasteiger charge is -2.27. The van der Waals surface area contributed by atoms with Crippen molar-refractivity contribution in [1.82, 2.24) is 10.2 Å². The lowest BCUT2D eigenvalue weighted by molar-refractivity contribution is -0.126. The normalized spacial score (nSPS) is 18.8. The van der Waals surface area contributed by atoms with E-state index in [0.717, 1.165) is 36.0 Å². The van der Waals surface area contributed by atoms with Gasteiger partial charge in [-0.25, -0.2) is 0 Å². The number of nitrogens with zero attached hydrogens (tertiary/aromatic N) is 1. The number of rotatable bonds is 5. The maximum absolute atomic E-state index is 12.4. The maximum atomic E-state index is 12.4. The molecular formula is C15H21BrN2O2. The van der Waals surface area contributed by atoms with Crippen LogP contribution in [0.1, 0.15) is 31.4 Å². The van der Waals surface area contributed by atoms with Gasteiger partial charge in [0.2, 0.25) is 5.91 Å². The van der Waals surface area contributed by atoms with Gasteiger partial charge in [0.05, 0.1) is 6.10 Å². The molecule has 0 radical (unpaired) electrons. The van der Waals surface area contributed by atoms with Crippen LogP contribution in [0.15, 0.2) is 28.7 Å². The number of carbonyl (C=O) groups is 1. The predicted octanol–water partition coefficient (Wildman–Crippen LogP) is 2.08. The van der Waals surface area contributed by atoms with Crippen molar-refractivity contribution in [3.8, 4) is 0 Å². The van der Waals surface area contributed by atoms with Gasteiger partial charge in [-0.15, -0.1) is 0 Å². The predicted molar refractivity (Wildman–Crippen MR) is 82.4 cm³/mol.